The van der Waals surface area contributed by atoms with Crippen LogP contribution in [0.25, 0.3) is 0 Å². The molecule has 0 saturated carbocycles. The summed E-state index contributed by atoms with van der Waals surface area (Å²) >= 11 is 0. The average molecular weight is 183 g/mol. The van der Waals surface area contributed by atoms with Gasteiger partial charge in [-0.3, -0.25) is 9.59 Å². The molecule has 1 rings (SSSR count). The Balaban J connectivity index is 2.69. The summed E-state index contributed by atoms with van der Waals surface area (Å²) in [6.07, 6.45) is -0.302. The van der Waals surface area contributed by atoms with Crippen molar-refractivity contribution in [3.63, 3.8) is 0 Å². The van der Waals surface area contributed by atoms with Crippen LogP contribution in [0.1, 0.15) is 22.6 Å². The first-order chi connectivity index (χ1) is 6.15. The minimum atomic E-state index is -0.576. The first-order valence-electron chi connectivity index (χ1n) is 3.62. The lowest BCUT2D eigenvalue weighted by Crippen LogP contribution is -2.10. The quantitative estimate of drug-likeness (QED) is 0.400. The zero-order valence-electron chi connectivity index (χ0n) is 7.33. The van der Waals surface area contributed by atoms with E-state index in [0.29, 0.717) is 5.69 Å². The average Bonchev–Trinajstić information content (AvgIpc) is 2.51. The summed E-state index contributed by atoms with van der Waals surface area (Å²) in [4.78, 5) is 22.0. The van der Waals surface area contributed by atoms with Crippen LogP contribution in [0.5, 0.6) is 0 Å². The molecule has 1 N–H and O–H groups in total. The third-order valence-corrected chi connectivity index (χ3v) is 1.52. The monoisotopic (exact) mass is 183 g/mol. The fraction of sp³-hybridized carbons (Fsp3) is 0.429. The summed E-state index contributed by atoms with van der Waals surface area (Å²) in [6, 6.07) is 0. The van der Waals surface area contributed by atoms with Gasteiger partial charge in [0.25, 0.3) is 0 Å². The van der Waals surface area contributed by atoms with E-state index in [1.807, 2.05) is 0 Å². The Kier molecular flexibility index (Phi) is 2.73. The molecule has 70 valence electrons. The van der Waals surface area contributed by atoms with Crippen LogP contribution in [0.4, 0.5) is 0 Å². The Morgan fingerprint density at radius 3 is 2.62 bits per heavy atom. The zero-order valence-corrected chi connectivity index (χ0v) is 7.33. The minimum absolute atomic E-state index is 0.186. The predicted octanol–water partition coefficient (Wildman–Crippen LogP) is -0.141. The number of methoxy groups -OCH3 is 1. The van der Waals surface area contributed by atoms with Gasteiger partial charge < -0.3 is 4.74 Å². The molecule has 0 aliphatic carbocycles. The Bertz CT molecular complexity index is 331. The lowest BCUT2D eigenvalue weighted by atomic mass is 10.2. The maximum atomic E-state index is 11.3. The van der Waals surface area contributed by atoms with E-state index in [1.165, 1.54) is 7.11 Å². The van der Waals surface area contributed by atoms with Gasteiger partial charge in [0.2, 0.25) is 0 Å². The van der Waals surface area contributed by atoms with Gasteiger partial charge in [0.15, 0.2) is 11.5 Å². The highest BCUT2D eigenvalue weighted by Gasteiger charge is 2.16. The smallest absolute Gasteiger partial charge is 0.313 e. The van der Waals surface area contributed by atoms with E-state index < -0.39 is 11.8 Å². The molecule has 1 heterocycles. The fourth-order valence-corrected chi connectivity index (χ4v) is 0.835. The minimum Gasteiger partial charge on any atom is -0.469 e. The summed E-state index contributed by atoms with van der Waals surface area (Å²) in [5.74, 6) is -0.967. The standard InChI is InChI=1S/C7H9N3O3/c1-4-7(9-10-8-4)5(11)3-6(12)13-2/h3H2,1-2H3,(H,8,9,10). The first kappa shape index (κ1) is 9.37. The highest BCUT2D eigenvalue weighted by atomic mass is 16.5. The Morgan fingerprint density at radius 1 is 1.46 bits per heavy atom. The number of hydrogen-bond donors (Lipinski definition) is 1. The van der Waals surface area contributed by atoms with Crippen LogP contribution in [0, 0.1) is 6.92 Å². The van der Waals surface area contributed by atoms with Crippen molar-refractivity contribution in [1.82, 2.24) is 15.4 Å². The molecule has 0 fully saturated rings. The third-order valence-electron chi connectivity index (χ3n) is 1.52. The van der Waals surface area contributed by atoms with Crippen molar-refractivity contribution in [3.05, 3.63) is 11.4 Å². The molecule has 0 atom stereocenters. The maximum absolute atomic E-state index is 11.3. The maximum Gasteiger partial charge on any atom is 0.313 e. The molecular formula is C7H9N3O3. The molecule has 1 aromatic rings. The van der Waals surface area contributed by atoms with Crippen LogP contribution >= 0.6 is 0 Å². The lowest BCUT2D eigenvalue weighted by molar-refractivity contribution is -0.139. The summed E-state index contributed by atoms with van der Waals surface area (Å²) in [6.45, 7) is 1.63. The second-order valence-corrected chi connectivity index (χ2v) is 2.43. The van der Waals surface area contributed by atoms with Gasteiger partial charge in [0.05, 0.1) is 12.8 Å². The van der Waals surface area contributed by atoms with E-state index in [9.17, 15) is 9.59 Å². The van der Waals surface area contributed by atoms with Gasteiger partial charge >= 0.3 is 5.97 Å². The molecule has 0 aliphatic heterocycles. The highest BCUT2D eigenvalue weighted by molar-refractivity contribution is 6.05. The number of Topliss-reactive ketones (excluding diaryl/α,β-unsaturated/α-hetero) is 1. The van der Waals surface area contributed by atoms with Gasteiger partial charge in [-0.15, -0.1) is 0 Å². The number of rotatable bonds is 3. The topological polar surface area (TPSA) is 84.9 Å². The number of nitrogens with one attached hydrogen (secondary N) is 1. The van der Waals surface area contributed by atoms with Crippen LogP contribution in [-0.4, -0.2) is 34.3 Å². The van der Waals surface area contributed by atoms with Crippen LogP contribution in [0.2, 0.25) is 0 Å². The van der Waals surface area contributed by atoms with Crippen molar-refractivity contribution in [2.24, 2.45) is 0 Å². The summed E-state index contributed by atoms with van der Waals surface area (Å²) in [5, 5.41) is 9.57. The number of ketones is 1. The van der Waals surface area contributed by atoms with Gasteiger partial charge in [0, 0.05) is 0 Å². The highest BCUT2D eigenvalue weighted by Crippen LogP contribution is 2.03. The number of aromatic amines is 1. The molecule has 0 unspecified atom stereocenters. The third kappa shape index (κ3) is 2.11. The van der Waals surface area contributed by atoms with Crippen molar-refractivity contribution in [2.45, 2.75) is 13.3 Å². The van der Waals surface area contributed by atoms with E-state index >= 15 is 0 Å². The number of esters is 1. The molecule has 6 nitrogen and oxygen atoms in total. The van der Waals surface area contributed by atoms with Crippen molar-refractivity contribution in [3.8, 4) is 0 Å². The van der Waals surface area contributed by atoms with Gasteiger partial charge in [0.1, 0.15) is 6.42 Å². The first-order valence-corrected chi connectivity index (χ1v) is 3.62. The van der Waals surface area contributed by atoms with Gasteiger partial charge in [-0.05, 0) is 6.92 Å². The van der Waals surface area contributed by atoms with Crippen LogP contribution in [-0.2, 0) is 9.53 Å². The molecule has 1 aromatic heterocycles. The molecule has 13 heavy (non-hydrogen) atoms. The number of ether oxygens (including phenoxy) is 1. The summed E-state index contributed by atoms with van der Waals surface area (Å²) in [7, 11) is 1.23. The Hall–Kier alpha value is -1.72. The van der Waals surface area contributed by atoms with Crippen LogP contribution < -0.4 is 0 Å². The lowest BCUT2D eigenvalue weighted by Gasteiger charge is -1.95. The number of nitrogens with zero attached hydrogens (tertiary/aromatic N) is 2. The molecule has 0 aliphatic rings. The zero-order chi connectivity index (χ0) is 9.84. The van der Waals surface area contributed by atoms with Crippen molar-refractivity contribution in [1.29, 1.82) is 0 Å². The summed E-state index contributed by atoms with van der Waals surface area (Å²) in [5.41, 5.74) is 0.666. The molecule has 0 bridgehead atoms. The van der Waals surface area contributed by atoms with Crippen molar-refractivity contribution in [2.75, 3.05) is 7.11 Å². The second kappa shape index (κ2) is 3.79. The van der Waals surface area contributed by atoms with Crippen LogP contribution in [0.15, 0.2) is 0 Å². The molecule has 0 aromatic carbocycles. The number of H-pyrrole nitrogens is 1. The number of hydrogen-bond acceptors (Lipinski definition) is 5. The largest absolute Gasteiger partial charge is 0.469 e. The van der Waals surface area contributed by atoms with E-state index in [2.05, 4.69) is 20.1 Å². The molecule has 0 amide bonds. The Morgan fingerprint density at radius 2 is 2.15 bits per heavy atom. The van der Waals surface area contributed by atoms with Gasteiger partial charge in [-0.2, -0.15) is 15.4 Å². The van der Waals surface area contributed by atoms with E-state index in [1.54, 1.807) is 6.92 Å². The fourth-order valence-electron chi connectivity index (χ4n) is 0.835. The molecule has 0 radical (unpaired) electrons. The molecular weight excluding hydrogens is 174 g/mol. The number of aromatic nitrogens is 3. The Labute approximate surface area is 74.3 Å². The normalized spacial score (nSPS) is 9.69. The SMILES string of the molecule is COC(=O)CC(=O)c1n[nH]nc1C. The van der Waals surface area contributed by atoms with Gasteiger partial charge in [-0.25, -0.2) is 0 Å². The number of carbonyl (C=O) groups is 2. The van der Waals surface area contributed by atoms with Crippen molar-refractivity contribution >= 4 is 11.8 Å². The van der Waals surface area contributed by atoms with E-state index in [4.69, 9.17) is 0 Å². The number of carbonyl (C=O) groups excluding carboxylic acids is 2. The van der Waals surface area contributed by atoms with E-state index in [-0.39, 0.29) is 12.1 Å². The number of aryl methyl sites for hydroxylation is 1. The second-order valence-electron chi connectivity index (χ2n) is 2.43. The van der Waals surface area contributed by atoms with Crippen molar-refractivity contribution < 1.29 is 14.3 Å². The van der Waals surface area contributed by atoms with E-state index in [0.717, 1.165) is 0 Å². The molecule has 0 spiro atoms. The van der Waals surface area contributed by atoms with Crippen LogP contribution in [0.3, 0.4) is 0 Å². The summed E-state index contributed by atoms with van der Waals surface area (Å²) < 4.78 is 4.34. The molecule has 0 saturated heterocycles. The molecule has 6 heteroatoms. The predicted molar refractivity (Wildman–Crippen MR) is 42.1 cm³/mol. The van der Waals surface area contributed by atoms with Gasteiger partial charge in [-0.1, -0.05) is 0 Å².